The van der Waals surface area contributed by atoms with Gasteiger partial charge >= 0.3 is 5.97 Å². The van der Waals surface area contributed by atoms with Crippen LogP contribution in [0, 0.1) is 6.92 Å². The van der Waals surface area contributed by atoms with Gasteiger partial charge in [0.1, 0.15) is 5.75 Å². The van der Waals surface area contributed by atoms with Gasteiger partial charge in [-0.05, 0) is 24.6 Å². The van der Waals surface area contributed by atoms with Gasteiger partial charge < -0.3 is 14.8 Å². The monoisotopic (exact) mass is 337 g/mol. The van der Waals surface area contributed by atoms with E-state index in [1.807, 2.05) is 25.1 Å². The Morgan fingerprint density at radius 2 is 1.88 bits per heavy atom. The number of aryl methyl sites for hydroxylation is 1. The Morgan fingerprint density at radius 3 is 2.52 bits per heavy atom. The largest absolute Gasteiger partial charge is 0.497 e. The first-order chi connectivity index (χ1) is 12.0. The van der Waals surface area contributed by atoms with Gasteiger partial charge in [0.25, 0.3) is 0 Å². The molecular weight excluding hydrogens is 318 g/mol. The van der Waals surface area contributed by atoms with Crippen molar-refractivity contribution in [3.63, 3.8) is 0 Å². The lowest BCUT2D eigenvalue weighted by atomic mass is 9.91. The molecule has 1 heterocycles. The molecule has 0 saturated heterocycles. The summed E-state index contributed by atoms with van der Waals surface area (Å²) in [6.07, 6.45) is 1.57. The van der Waals surface area contributed by atoms with Gasteiger partial charge in [-0.2, -0.15) is 0 Å². The first-order valence-corrected chi connectivity index (χ1v) is 7.97. The normalized spacial score (nSPS) is 12.1. The number of carboxylic acid groups (broad SMARTS) is 1. The molecule has 2 aromatic carbocycles. The Balaban J connectivity index is 1.92. The number of carbonyl (C=O) groups is 2. The van der Waals surface area contributed by atoms with Crippen molar-refractivity contribution in [1.82, 2.24) is 4.98 Å². The highest BCUT2D eigenvalue weighted by molar-refractivity contribution is 6.00. The second-order valence-corrected chi connectivity index (χ2v) is 6.04. The number of carboxylic acids is 1. The molecule has 1 unspecified atom stereocenters. The van der Waals surface area contributed by atoms with Crippen LogP contribution in [0.1, 0.15) is 33.8 Å². The number of ketones is 1. The second kappa shape index (κ2) is 6.81. The van der Waals surface area contributed by atoms with Gasteiger partial charge in [0, 0.05) is 35.2 Å². The third kappa shape index (κ3) is 3.40. The molecule has 0 aliphatic rings. The topological polar surface area (TPSA) is 79.4 Å². The van der Waals surface area contributed by atoms with E-state index < -0.39 is 11.9 Å². The SMILES string of the molecule is COc1ccc2c(C(CC(=O)c3ccc(C)cc3)C(=O)O)c[nH]c2c1. The minimum Gasteiger partial charge on any atom is -0.497 e. The Labute approximate surface area is 145 Å². The maximum atomic E-state index is 12.5. The fourth-order valence-electron chi connectivity index (χ4n) is 2.92. The quantitative estimate of drug-likeness (QED) is 0.668. The fourth-order valence-corrected chi connectivity index (χ4v) is 2.92. The highest BCUT2D eigenvalue weighted by Crippen LogP contribution is 2.31. The highest BCUT2D eigenvalue weighted by Gasteiger charge is 2.26. The Morgan fingerprint density at radius 1 is 1.16 bits per heavy atom. The van der Waals surface area contributed by atoms with Crippen molar-refractivity contribution in [3.8, 4) is 5.75 Å². The molecule has 3 rings (SSSR count). The van der Waals surface area contributed by atoms with E-state index in [1.165, 1.54) is 0 Å². The zero-order chi connectivity index (χ0) is 18.0. The van der Waals surface area contributed by atoms with Gasteiger partial charge in [0.2, 0.25) is 0 Å². The van der Waals surface area contributed by atoms with E-state index in [4.69, 9.17) is 4.74 Å². The number of carbonyl (C=O) groups excluding carboxylic acids is 1. The average Bonchev–Trinajstić information content (AvgIpc) is 3.02. The predicted octanol–water partition coefficient (Wildman–Crippen LogP) is 3.93. The fraction of sp³-hybridized carbons (Fsp3) is 0.200. The Hall–Kier alpha value is -3.08. The number of fused-ring (bicyclic) bond motifs is 1. The van der Waals surface area contributed by atoms with Crippen LogP contribution in [0.2, 0.25) is 0 Å². The molecule has 1 aromatic heterocycles. The molecule has 0 spiro atoms. The summed E-state index contributed by atoms with van der Waals surface area (Å²) in [5, 5.41) is 10.4. The van der Waals surface area contributed by atoms with Gasteiger partial charge in [-0.3, -0.25) is 9.59 Å². The van der Waals surface area contributed by atoms with Crippen LogP contribution in [0.5, 0.6) is 5.75 Å². The number of hydrogen-bond donors (Lipinski definition) is 2. The first-order valence-electron chi connectivity index (χ1n) is 7.97. The number of ether oxygens (including phenoxy) is 1. The number of methoxy groups -OCH3 is 1. The highest BCUT2D eigenvalue weighted by atomic mass is 16.5. The molecule has 3 aromatic rings. The van der Waals surface area contributed by atoms with Crippen LogP contribution in [-0.4, -0.2) is 29.0 Å². The number of aromatic nitrogens is 1. The van der Waals surface area contributed by atoms with Crippen molar-refractivity contribution in [1.29, 1.82) is 0 Å². The van der Waals surface area contributed by atoms with Crippen molar-refractivity contribution >= 4 is 22.7 Å². The molecule has 0 fully saturated rings. The third-order valence-corrected chi connectivity index (χ3v) is 4.36. The molecule has 2 N–H and O–H groups in total. The van der Waals surface area contributed by atoms with Gasteiger partial charge in [-0.25, -0.2) is 0 Å². The molecule has 5 nitrogen and oxygen atoms in total. The van der Waals surface area contributed by atoms with Crippen molar-refractivity contribution in [2.75, 3.05) is 7.11 Å². The average molecular weight is 337 g/mol. The number of benzene rings is 2. The summed E-state index contributed by atoms with van der Waals surface area (Å²) in [6.45, 7) is 1.94. The molecule has 0 amide bonds. The van der Waals surface area contributed by atoms with Crippen LogP contribution in [0.15, 0.2) is 48.7 Å². The standard InChI is InChI=1S/C20H19NO4/c1-12-3-5-13(6-4-12)19(22)10-16(20(23)24)17-11-21-18-9-14(25-2)7-8-15(17)18/h3-9,11,16,21H,10H2,1-2H3,(H,23,24). The van der Waals surface area contributed by atoms with Gasteiger partial charge in [-0.15, -0.1) is 0 Å². The number of Topliss-reactive ketones (excluding diaryl/α,β-unsaturated/α-hetero) is 1. The lowest BCUT2D eigenvalue weighted by Gasteiger charge is -2.11. The Kier molecular flexibility index (Phi) is 4.57. The van der Waals surface area contributed by atoms with Crippen molar-refractivity contribution in [2.24, 2.45) is 0 Å². The lowest BCUT2D eigenvalue weighted by molar-refractivity contribution is -0.138. The molecule has 0 saturated carbocycles. The molecule has 0 bridgehead atoms. The van der Waals surface area contributed by atoms with E-state index in [9.17, 15) is 14.7 Å². The van der Waals surface area contributed by atoms with Crippen LogP contribution in [0.25, 0.3) is 10.9 Å². The second-order valence-electron chi connectivity index (χ2n) is 6.04. The van der Waals surface area contributed by atoms with Crippen LogP contribution >= 0.6 is 0 Å². The van der Waals surface area contributed by atoms with Crippen molar-refractivity contribution in [3.05, 3.63) is 65.4 Å². The number of H-pyrrole nitrogens is 1. The summed E-state index contributed by atoms with van der Waals surface area (Å²) < 4.78 is 5.18. The number of nitrogens with one attached hydrogen (secondary N) is 1. The molecule has 128 valence electrons. The van der Waals surface area contributed by atoms with Gasteiger partial charge in [-0.1, -0.05) is 29.8 Å². The lowest BCUT2D eigenvalue weighted by Crippen LogP contribution is -2.16. The molecule has 0 radical (unpaired) electrons. The van der Waals surface area contributed by atoms with Crippen LogP contribution < -0.4 is 4.74 Å². The van der Waals surface area contributed by atoms with E-state index in [0.29, 0.717) is 16.9 Å². The number of aliphatic carboxylic acids is 1. The number of aromatic amines is 1. The Bertz CT molecular complexity index is 925. The molecule has 25 heavy (non-hydrogen) atoms. The zero-order valence-corrected chi connectivity index (χ0v) is 14.1. The van der Waals surface area contributed by atoms with Gasteiger partial charge in [0.05, 0.1) is 13.0 Å². The smallest absolute Gasteiger partial charge is 0.311 e. The summed E-state index contributed by atoms with van der Waals surface area (Å²) in [4.78, 5) is 27.4. The molecule has 0 aliphatic carbocycles. The summed E-state index contributed by atoms with van der Waals surface area (Å²) in [5.74, 6) is -1.42. The van der Waals surface area contributed by atoms with E-state index in [0.717, 1.165) is 16.5 Å². The van der Waals surface area contributed by atoms with E-state index >= 15 is 0 Å². The number of rotatable bonds is 6. The minimum atomic E-state index is -1.02. The van der Waals surface area contributed by atoms with E-state index in [2.05, 4.69) is 4.98 Å². The molecular formula is C20H19NO4. The number of hydrogen-bond acceptors (Lipinski definition) is 3. The molecule has 5 heteroatoms. The minimum absolute atomic E-state index is 0.0859. The third-order valence-electron chi connectivity index (χ3n) is 4.36. The maximum absolute atomic E-state index is 12.5. The first kappa shape index (κ1) is 16.8. The van der Waals surface area contributed by atoms with E-state index in [1.54, 1.807) is 37.6 Å². The summed E-state index contributed by atoms with van der Waals surface area (Å²) in [5.41, 5.74) is 2.96. The molecule has 1 atom stereocenters. The predicted molar refractivity (Wildman–Crippen MR) is 95.4 cm³/mol. The summed E-state index contributed by atoms with van der Waals surface area (Å²) in [7, 11) is 1.57. The summed E-state index contributed by atoms with van der Waals surface area (Å²) >= 11 is 0. The van der Waals surface area contributed by atoms with Crippen LogP contribution in [0.3, 0.4) is 0 Å². The zero-order valence-electron chi connectivity index (χ0n) is 14.1. The summed E-state index contributed by atoms with van der Waals surface area (Å²) in [6, 6.07) is 12.6. The molecule has 0 aliphatic heterocycles. The van der Waals surface area contributed by atoms with E-state index in [-0.39, 0.29) is 12.2 Å². The maximum Gasteiger partial charge on any atom is 0.311 e. The van der Waals surface area contributed by atoms with Crippen molar-refractivity contribution in [2.45, 2.75) is 19.3 Å². The van der Waals surface area contributed by atoms with Gasteiger partial charge in [0.15, 0.2) is 5.78 Å². The van der Waals surface area contributed by atoms with Crippen molar-refractivity contribution < 1.29 is 19.4 Å². The van der Waals surface area contributed by atoms with Crippen LogP contribution in [-0.2, 0) is 4.79 Å². The van der Waals surface area contributed by atoms with Crippen LogP contribution in [0.4, 0.5) is 0 Å².